The summed E-state index contributed by atoms with van der Waals surface area (Å²) in [5, 5.41) is 0.163. The highest BCUT2D eigenvalue weighted by molar-refractivity contribution is 6.30. The minimum absolute atomic E-state index is 0.113. The zero-order valence-corrected chi connectivity index (χ0v) is 12.8. The van der Waals surface area contributed by atoms with E-state index in [1.54, 1.807) is 18.2 Å². The number of benzene rings is 1. The van der Waals surface area contributed by atoms with Gasteiger partial charge in [0, 0.05) is 24.7 Å². The monoisotopic (exact) mass is 286 g/mol. The minimum Gasteiger partial charge on any atom is -0.329 e. The van der Waals surface area contributed by atoms with Crippen LogP contribution in [-0.2, 0) is 0 Å². The van der Waals surface area contributed by atoms with E-state index in [0.717, 1.165) is 19.5 Å². The van der Waals surface area contributed by atoms with Crippen LogP contribution in [0.3, 0.4) is 0 Å². The number of rotatable bonds is 7. The van der Waals surface area contributed by atoms with Crippen molar-refractivity contribution in [2.45, 2.75) is 33.2 Å². The van der Waals surface area contributed by atoms with Gasteiger partial charge in [0.05, 0.1) is 5.02 Å². The Morgan fingerprint density at radius 1 is 1.37 bits per heavy atom. The molecule has 0 aliphatic rings. The summed E-state index contributed by atoms with van der Waals surface area (Å²) in [6, 6.07) is 5.01. The van der Waals surface area contributed by atoms with Crippen molar-refractivity contribution in [3.63, 3.8) is 0 Å². The molecule has 0 bridgehead atoms. The lowest BCUT2D eigenvalue weighted by molar-refractivity contribution is 0.179. The third-order valence-corrected chi connectivity index (χ3v) is 3.95. The Morgan fingerprint density at radius 3 is 2.58 bits per heavy atom. The van der Waals surface area contributed by atoms with Crippen LogP contribution in [0.5, 0.6) is 0 Å². The largest absolute Gasteiger partial charge is 0.329 e. The van der Waals surface area contributed by atoms with E-state index < -0.39 is 0 Å². The van der Waals surface area contributed by atoms with Gasteiger partial charge >= 0.3 is 0 Å². The molecule has 0 fully saturated rings. The highest BCUT2D eigenvalue weighted by atomic mass is 35.5. The zero-order valence-electron chi connectivity index (χ0n) is 12.0. The molecule has 1 aromatic rings. The molecule has 2 nitrogen and oxygen atoms in total. The van der Waals surface area contributed by atoms with Crippen molar-refractivity contribution in [1.29, 1.82) is 0 Å². The van der Waals surface area contributed by atoms with Gasteiger partial charge in [0.15, 0.2) is 0 Å². The van der Waals surface area contributed by atoms with Gasteiger partial charge < -0.3 is 5.73 Å². The molecule has 2 atom stereocenters. The van der Waals surface area contributed by atoms with Crippen LogP contribution in [0.1, 0.15) is 38.8 Å². The van der Waals surface area contributed by atoms with Crippen LogP contribution >= 0.6 is 11.6 Å². The molecule has 0 radical (unpaired) electrons. The maximum Gasteiger partial charge on any atom is 0.146 e. The SMILES string of the molecule is CCC(C)CN(CC)C(CN)c1cccc(Cl)c1F. The lowest BCUT2D eigenvalue weighted by Gasteiger charge is -2.32. The van der Waals surface area contributed by atoms with Gasteiger partial charge in [-0.3, -0.25) is 4.90 Å². The Morgan fingerprint density at radius 2 is 2.05 bits per heavy atom. The molecule has 108 valence electrons. The molecule has 0 aliphatic heterocycles. The van der Waals surface area contributed by atoms with E-state index in [4.69, 9.17) is 17.3 Å². The molecule has 1 rings (SSSR count). The topological polar surface area (TPSA) is 29.3 Å². The highest BCUT2D eigenvalue weighted by Crippen LogP contribution is 2.27. The molecule has 0 aliphatic carbocycles. The van der Waals surface area contributed by atoms with E-state index in [0.29, 0.717) is 18.0 Å². The van der Waals surface area contributed by atoms with Crippen LogP contribution in [0.2, 0.25) is 5.02 Å². The van der Waals surface area contributed by atoms with Crippen molar-refractivity contribution >= 4 is 11.6 Å². The summed E-state index contributed by atoms with van der Waals surface area (Å²) in [6.07, 6.45) is 1.10. The Bertz CT molecular complexity index is 398. The maximum absolute atomic E-state index is 14.1. The molecule has 19 heavy (non-hydrogen) atoms. The Labute approximate surface area is 120 Å². The van der Waals surface area contributed by atoms with E-state index in [1.807, 2.05) is 0 Å². The highest BCUT2D eigenvalue weighted by Gasteiger charge is 2.22. The Kier molecular flexibility index (Phi) is 6.76. The normalized spacial score (nSPS) is 14.7. The standard InChI is InChI=1S/C15H24ClFN2/c1-4-11(3)10-19(5-2)14(9-18)12-7-6-8-13(16)15(12)17/h6-8,11,14H,4-5,9-10,18H2,1-3H3. The number of halogens is 2. The lowest BCUT2D eigenvalue weighted by Crippen LogP contribution is -2.37. The molecule has 0 spiro atoms. The average molecular weight is 287 g/mol. The van der Waals surface area contributed by atoms with Crippen LogP contribution in [-0.4, -0.2) is 24.5 Å². The average Bonchev–Trinajstić information content (AvgIpc) is 2.42. The summed E-state index contributed by atoms with van der Waals surface area (Å²) in [6.45, 7) is 8.59. The van der Waals surface area contributed by atoms with Crippen LogP contribution in [0, 0.1) is 11.7 Å². The fourth-order valence-corrected chi connectivity index (χ4v) is 2.44. The molecule has 0 saturated carbocycles. The van der Waals surface area contributed by atoms with E-state index >= 15 is 0 Å². The summed E-state index contributed by atoms with van der Waals surface area (Å²) < 4.78 is 14.1. The van der Waals surface area contributed by atoms with Crippen LogP contribution in [0.25, 0.3) is 0 Å². The second-order valence-corrected chi connectivity index (χ2v) is 5.40. The minimum atomic E-state index is -0.345. The van der Waals surface area contributed by atoms with Gasteiger partial charge in [-0.2, -0.15) is 0 Å². The van der Waals surface area contributed by atoms with E-state index in [9.17, 15) is 4.39 Å². The number of likely N-dealkylation sites (N-methyl/N-ethyl adjacent to an activating group) is 1. The molecule has 0 aromatic heterocycles. The van der Waals surface area contributed by atoms with E-state index in [1.165, 1.54) is 0 Å². The quantitative estimate of drug-likeness (QED) is 0.825. The lowest BCUT2D eigenvalue weighted by atomic mass is 10.0. The Balaban J connectivity index is 3.00. The predicted octanol–water partition coefficient (Wildman–Crippen LogP) is 3.85. The van der Waals surface area contributed by atoms with Crippen molar-refractivity contribution in [3.05, 3.63) is 34.6 Å². The first-order chi connectivity index (χ1) is 9.04. The number of hydrogen-bond acceptors (Lipinski definition) is 2. The van der Waals surface area contributed by atoms with Crippen LogP contribution in [0.4, 0.5) is 4.39 Å². The van der Waals surface area contributed by atoms with E-state index in [2.05, 4.69) is 25.7 Å². The van der Waals surface area contributed by atoms with Crippen LogP contribution < -0.4 is 5.73 Å². The van der Waals surface area contributed by atoms with Crippen molar-refractivity contribution in [2.24, 2.45) is 11.7 Å². The molecule has 0 amide bonds. The summed E-state index contributed by atoms with van der Waals surface area (Å²) in [7, 11) is 0. The van der Waals surface area contributed by atoms with Crippen LogP contribution in [0.15, 0.2) is 18.2 Å². The van der Waals surface area contributed by atoms with E-state index in [-0.39, 0.29) is 16.9 Å². The van der Waals surface area contributed by atoms with Crippen molar-refractivity contribution in [3.8, 4) is 0 Å². The summed E-state index contributed by atoms with van der Waals surface area (Å²) in [4.78, 5) is 2.23. The van der Waals surface area contributed by atoms with Gasteiger partial charge in [-0.05, 0) is 18.5 Å². The first-order valence-corrected chi connectivity index (χ1v) is 7.30. The van der Waals surface area contributed by atoms with Crippen molar-refractivity contribution < 1.29 is 4.39 Å². The molecular weight excluding hydrogens is 263 g/mol. The van der Waals surface area contributed by atoms with Crippen molar-refractivity contribution in [1.82, 2.24) is 4.90 Å². The molecule has 1 aromatic carbocycles. The number of nitrogens with two attached hydrogens (primary N) is 1. The third-order valence-electron chi connectivity index (χ3n) is 3.65. The molecule has 2 N–H and O–H groups in total. The van der Waals surface area contributed by atoms with Gasteiger partial charge in [-0.25, -0.2) is 4.39 Å². The number of hydrogen-bond donors (Lipinski definition) is 1. The second kappa shape index (κ2) is 7.83. The summed E-state index contributed by atoms with van der Waals surface area (Å²) in [5.41, 5.74) is 6.46. The van der Waals surface area contributed by atoms with Crippen molar-refractivity contribution in [2.75, 3.05) is 19.6 Å². The maximum atomic E-state index is 14.1. The van der Waals surface area contributed by atoms with Gasteiger partial charge in [-0.15, -0.1) is 0 Å². The fourth-order valence-electron chi connectivity index (χ4n) is 2.26. The predicted molar refractivity (Wildman–Crippen MR) is 79.9 cm³/mol. The smallest absolute Gasteiger partial charge is 0.146 e. The van der Waals surface area contributed by atoms with Gasteiger partial charge in [-0.1, -0.05) is 50.9 Å². The first kappa shape index (κ1) is 16.4. The Hall–Kier alpha value is -0.640. The second-order valence-electron chi connectivity index (χ2n) is 5.00. The molecular formula is C15H24ClFN2. The molecule has 2 unspecified atom stereocenters. The zero-order chi connectivity index (χ0) is 14.4. The van der Waals surface area contributed by atoms with Gasteiger partial charge in [0.2, 0.25) is 0 Å². The number of nitrogens with zero attached hydrogens (tertiary/aromatic N) is 1. The molecule has 4 heteroatoms. The summed E-state index contributed by atoms with van der Waals surface area (Å²) in [5.74, 6) is 0.221. The molecule has 0 saturated heterocycles. The third kappa shape index (κ3) is 4.16. The van der Waals surface area contributed by atoms with Gasteiger partial charge in [0.1, 0.15) is 5.82 Å². The fraction of sp³-hybridized carbons (Fsp3) is 0.600. The first-order valence-electron chi connectivity index (χ1n) is 6.93. The molecule has 0 heterocycles. The summed E-state index contributed by atoms with van der Waals surface area (Å²) >= 11 is 5.86. The van der Waals surface area contributed by atoms with Gasteiger partial charge in [0.25, 0.3) is 0 Å².